The Labute approximate surface area is 420 Å². The number of nitrogens with one attached hydrogen (secondary N) is 2. The van der Waals surface area contributed by atoms with E-state index in [0.717, 1.165) is 18.8 Å². The average molecular weight is 972 g/mol. The van der Waals surface area contributed by atoms with E-state index in [-0.39, 0.29) is 61.1 Å². The van der Waals surface area contributed by atoms with Crippen molar-refractivity contribution in [1.82, 2.24) is 34.9 Å². The van der Waals surface area contributed by atoms with Gasteiger partial charge in [0.2, 0.25) is 11.8 Å². The molecular weight excluding hydrogens is 910 g/mol. The number of likely N-dealkylation sites (N-methyl/N-ethyl adjacent to an activating group) is 1. The number of benzene rings is 5. The third-order valence-electron chi connectivity index (χ3n) is 14.1. The second-order valence-corrected chi connectivity index (χ2v) is 19.2. The number of amides is 2. The fourth-order valence-electron chi connectivity index (χ4n) is 10.5. The Hall–Kier alpha value is -7.26. The average Bonchev–Trinajstić information content (AvgIpc) is 3.86. The molecule has 72 heavy (non-hydrogen) atoms. The highest BCUT2D eigenvalue weighted by Crippen LogP contribution is 2.43. The van der Waals surface area contributed by atoms with Crippen LogP contribution in [0.2, 0.25) is 0 Å². The zero-order valence-electron chi connectivity index (χ0n) is 41.0. The van der Waals surface area contributed by atoms with Gasteiger partial charge in [0, 0.05) is 136 Å². The predicted octanol–water partition coefficient (Wildman–Crippen LogP) is 6.86. The number of piperidine rings is 2. The Balaban J connectivity index is 0.000000193. The van der Waals surface area contributed by atoms with E-state index in [0.29, 0.717) is 59.8 Å². The molecule has 13 nitrogen and oxygen atoms in total. The highest BCUT2D eigenvalue weighted by atomic mass is 19.1. The Morgan fingerprint density at radius 3 is 1.33 bits per heavy atom. The molecule has 2 N–H and O–H groups in total. The second-order valence-electron chi connectivity index (χ2n) is 19.2. The van der Waals surface area contributed by atoms with E-state index in [1.807, 2.05) is 94.4 Å². The maximum Gasteiger partial charge on any atom is 0.236 e. The maximum absolute atomic E-state index is 15.2. The number of H-pyrrole nitrogens is 1. The molecule has 3 fully saturated rings. The van der Waals surface area contributed by atoms with Gasteiger partial charge in [0.25, 0.3) is 0 Å². The molecule has 4 heterocycles. The first-order valence-corrected chi connectivity index (χ1v) is 24.6. The van der Waals surface area contributed by atoms with Crippen molar-refractivity contribution in [2.24, 2.45) is 23.7 Å². The van der Waals surface area contributed by atoms with Crippen molar-refractivity contribution in [3.63, 3.8) is 0 Å². The van der Waals surface area contributed by atoms with Gasteiger partial charge in [0.1, 0.15) is 11.6 Å². The number of likely N-dealkylation sites (tertiary alicyclic amines) is 2. The third kappa shape index (κ3) is 12.1. The molecule has 0 spiro atoms. The second kappa shape index (κ2) is 23.8. The van der Waals surface area contributed by atoms with Crippen LogP contribution in [0.3, 0.4) is 0 Å². The predicted molar refractivity (Wildman–Crippen MR) is 273 cm³/mol. The summed E-state index contributed by atoms with van der Waals surface area (Å²) in [5.41, 5.74) is 3.44. The van der Waals surface area contributed by atoms with Crippen molar-refractivity contribution in [3.8, 4) is 0 Å². The van der Waals surface area contributed by atoms with Gasteiger partial charge in [-0.3, -0.25) is 38.6 Å². The number of rotatable bonds is 14. The Morgan fingerprint density at radius 2 is 0.944 bits per heavy atom. The Bertz CT molecular complexity index is 2700. The van der Waals surface area contributed by atoms with Crippen molar-refractivity contribution in [3.05, 3.63) is 197 Å². The van der Waals surface area contributed by atoms with Crippen molar-refractivity contribution in [1.29, 1.82) is 0 Å². The minimum atomic E-state index is -0.698. The van der Waals surface area contributed by atoms with E-state index < -0.39 is 41.3 Å². The van der Waals surface area contributed by atoms with E-state index in [1.54, 1.807) is 87.0 Å². The molecule has 0 saturated carbocycles. The van der Waals surface area contributed by atoms with Gasteiger partial charge in [-0.1, -0.05) is 140 Å². The normalized spacial score (nSPS) is 19.9. The molecule has 1 aromatic heterocycles. The molecule has 2 amide bonds. The van der Waals surface area contributed by atoms with Crippen molar-refractivity contribution >= 4 is 34.9 Å². The smallest absolute Gasteiger partial charge is 0.236 e. The summed E-state index contributed by atoms with van der Waals surface area (Å²) in [4.78, 5) is 96.4. The van der Waals surface area contributed by atoms with Crippen molar-refractivity contribution in [2.45, 2.75) is 18.8 Å². The number of ketones is 4. The van der Waals surface area contributed by atoms with Crippen LogP contribution >= 0.6 is 0 Å². The lowest BCUT2D eigenvalue weighted by atomic mass is 9.68. The minimum Gasteiger partial charge on any atom is -0.348 e. The molecule has 0 radical (unpaired) electrons. The van der Waals surface area contributed by atoms with Crippen LogP contribution in [-0.2, 0) is 9.59 Å². The maximum atomic E-state index is 15.2. The number of carbonyl (C=O) groups excluding carboxylic acids is 6. The molecule has 3 aliphatic rings. The van der Waals surface area contributed by atoms with Gasteiger partial charge >= 0.3 is 0 Å². The SMILES string of the molecule is CN(C)C(=O)CN1C[C@H](C(=O)c2ccccc2)C(c2ccccc2F)[C@@H](C(=O)c2ccccc2)C1.Cc1cnc(C2[C@@H](C(=O)c3ccccc3)CN(CC(=O)N3CCNCC3)C[C@@H]2C(=O)c2ccccc2)[nH]1. The highest BCUT2D eigenvalue weighted by molar-refractivity contribution is 6.03. The Kier molecular flexibility index (Phi) is 16.9. The quantitative estimate of drug-likeness (QED) is 0.111. The number of carbonyl (C=O) groups is 6. The van der Waals surface area contributed by atoms with Gasteiger partial charge < -0.3 is 20.1 Å². The largest absolute Gasteiger partial charge is 0.348 e. The van der Waals surface area contributed by atoms with Gasteiger partial charge in [-0.2, -0.15) is 0 Å². The number of aromatic nitrogens is 2. The van der Waals surface area contributed by atoms with Crippen molar-refractivity contribution < 1.29 is 33.2 Å². The molecule has 0 aliphatic carbocycles. The van der Waals surface area contributed by atoms with Gasteiger partial charge in [-0.15, -0.1) is 0 Å². The topological polar surface area (TPSA) is 156 Å². The monoisotopic (exact) mass is 971 g/mol. The number of Topliss-reactive ketones (excluding diaryl/α,β-unsaturated/α-hetero) is 4. The van der Waals surface area contributed by atoms with Gasteiger partial charge in [0.05, 0.1) is 13.1 Å². The standard InChI is InChI=1S/C29H29FN2O3.C29H33N5O3/c1-31(2)26(33)19-32-17-23(28(34)20-11-5-3-6-12-20)27(22-15-9-10-16-25(22)30)24(18-32)29(35)21-13-7-4-8-14-21;1-20-16-31-29(32-20)26-23(27(36)21-8-4-2-5-9-21)17-33(19-25(35)34-14-12-30-13-15-34)18-24(26)28(37)22-10-6-3-7-11-22/h3-16,23-24,27H,17-19H2,1-2H3;2-11,16,23-24,26,30H,12-15,17-19H2,1H3,(H,31,32)/t2*23-,24-/m00/s1. The van der Waals surface area contributed by atoms with E-state index in [9.17, 15) is 28.8 Å². The third-order valence-corrected chi connectivity index (χ3v) is 14.1. The van der Waals surface area contributed by atoms with Gasteiger partial charge in [0.15, 0.2) is 23.1 Å². The van der Waals surface area contributed by atoms with E-state index >= 15 is 4.39 Å². The summed E-state index contributed by atoms with van der Waals surface area (Å²) >= 11 is 0. The number of aromatic amines is 1. The molecule has 14 heteroatoms. The summed E-state index contributed by atoms with van der Waals surface area (Å²) in [5.74, 6) is -3.83. The zero-order chi connectivity index (χ0) is 50.7. The molecule has 6 aromatic rings. The van der Waals surface area contributed by atoms with Crippen LogP contribution in [-0.4, -0.2) is 144 Å². The lowest BCUT2D eigenvalue weighted by Gasteiger charge is -2.43. The molecule has 0 unspecified atom stereocenters. The van der Waals surface area contributed by atoms with E-state index in [1.165, 1.54) is 11.0 Å². The number of aryl methyl sites for hydroxylation is 1. The number of imidazole rings is 1. The molecule has 3 saturated heterocycles. The molecule has 0 bridgehead atoms. The molecule has 4 atom stereocenters. The summed E-state index contributed by atoms with van der Waals surface area (Å²) in [6.07, 6.45) is 1.74. The summed E-state index contributed by atoms with van der Waals surface area (Å²) < 4.78 is 15.2. The van der Waals surface area contributed by atoms with Crippen LogP contribution in [0.5, 0.6) is 0 Å². The zero-order valence-corrected chi connectivity index (χ0v) is 41.0. The number of hydrogen-bond acceptors (Lipinski definition) is 10. The van der Waals surface area contributed by atoms with Crippen LogP contribution in [0.1, 0.15) is 70.3 Å². The molecule has 3 aliphatic heterocycles. The van der Waals surface area contributed by atoms with Gasteiger partial charge in [-0.25, -0.2) is 9.37 Å². The highest BCUT2D eigenvalue weighted by Gasteiger charge is 2.48. The fraction of sp³-hybridized carbons (Fsp3) is 0.328. The minimum absolute atomic E-state index is 0.0330. The summed E-state index contributed by atoms with van der Waals surface area (Å²) in [6.45, 7) is 6.33. The lowest BCUT2D eigenvalue weighted by molar-refractivity contribution is -0.133. The number of nitrogens with zero attached hydrogens (tertiary/aromatic N) is 5. The first-order chi connectivity index (χ1) is 34.9. The molecule has 372 valence electrons. The van der Waals surface area contributed by atoms with Gasteiger partial charge in [-0.05, 0) is 18.6 Å². The molecule has 9 rings (SSSR count). The first-order valence-electron chi connectivity index (χ1n) is 24.6. The van der Waals surface area contributed by atoms with Crippen LogP contribution in [0.15, 0.2) is 152 Å². The van der Waals surface area contributed by atoms with Crippen LogP contribution in [0.4, 0.5) is 4.39 Å². The summed E-state index contributed by atoms with van der Waals surface area (Å²) in [6, 6.07) is 42.5. The number of piperazine rings is 1. The lowest BCUT2D eigenvalue weighted by Crippen LogP contribution is -2.55. The van der Waals surface area contributed by atoms with Crippen LogP contribution in [0, 0.1) is 36.4 Å². The fourth-order valence-corrected chi connectivity index (χ4v) is 10.5. The van der Waals surface area contributed by atoms with E-state index in [2.05, 4.69) is 15.3 Å². The molecule has 5 aromatic carbocycles. The molecular formula is C58H62FN7O6. The number of halogens is 1. The Morgan fingerprint density at radius 1 is 0.556 bits per heavy atom. The number of hydrogen-bond donors (Lipinski definition) is 2. The summed E-state index contributed by atoms with van der Waals surface area (Å²) in [7, 11) is 3.35. The van der Waals surface area contributed by atoms with Crippen LogP contribution < -0.4 is 5.32 Å². The van der Waals surface area contributed by atoms with E-state index in [4.69, 9.17) is 0 Å². The van der Waals surface area contributed by atoms with Crippen LogP contribution in [0.25, 0.3) is 0 Å². The van der Waals surface area contributed by atoms with Crippen molar-refractivity contribution in [2.75, 3.05) is 79.5 Å². The first kappa shape index (κ1) is 51.1. The summed E-state index contributed by atoms with van der Waals surface area (Å²) in [5, 5.41) is 3.27.